The summed E-state index contributed by atoms with van der Waals surface area (Å²) < 4.78 is 39.0. The van der Waals surface area contributed by atoms with Gasteiger partial charge in [0.15, 0.2) is 9.84 Å². The van der Waals surface area contributed by atoms with Crippen LogP contribution in [0.2, 0.25) is 0 Å². The maximum Gasteiger partial charge on any atom is 0.244 e. The molecule has 1 atom stereocenters. The van der Waals surface area contributed by atoms with Crippen LogP contribution >= 0.6 is 0 Å². The van der Waals surface area contributed by atoms with Gasteiger partial charge in [0.25, 0.3) is 0 Å². The number of aliphatic hydroxyl groups excluding tert-OH is 1. The van der Waals surface area contributed by atoms with Crippen LogP contribution in [0.1, 0.15) is 19.3 Å². The van der Waals surface area contributed by atoms with Crippen LogP contribution in [0.25, 0.3) is 11.1 Å². The highest BCUT2D eigenvalue weighted by Crippen LogP contribution is 2.32. The number of sulfone groups is 1. The van der Waals surface area contributed by atoms with Crippen molar-refractivity contribution in [2.24, 2.45) is 0 Å². The molecule has 8 heteroatoms. The summed E-state index contributed by atoms with van der Waals surface area (Å²) in [5.74, 6) is -0.771. The fourth-order valence-electron chi connectivity index (χ4n) is 3.58. The zero-order chi connectivity index (χ0) is 21.0. The summed E-state index contributed by atoms with van der Waals surface area (Å²) in [6.07, 6.45) is 3.07. The predicted octanol–water partition coefficient (Wildman–Crippen LogP) is 2.36. The minimum absolute atomic E-state index is 0.0443. The summed E-state index contributed by atoms with van der Waals surface area (Å²) in [7, 11) is -3.47. The number of rotatable bonds is 7. The van der Waals surface area contributed by atoms with Crippen molar-refractivity contribution in [3.63, 3.8) is 0 Å². The van der Waals surface area contributed by atoms with Gasteiger partial charge in [-0.3, -0.25) is 4.79 Å². The van der Waals surface area contributed by atoms with E-state index in [4.69, 9.17) is 5.11 Å². The maximum atomic E-state index is 15.0. The van der Waals surface area contributed by atoms with Crippen LogP contribution in [0.3, 0.4) is 0 Å². The number of piperidine rings is 1. The number of amides is 1. The number of benzene rings is 2. The molecule has 3 rings (SSSR count). The second-order valence-corrected chi connectivity index (χ2v) is 9.13. The lowest BCUT2D eigenvalue weighted by molar-refractivity contribution is -0.121. The first-order chi connectivity index (χ1) is 13.8. The van der Waals surface area contributed by atoms with Gasteiger partial charge in [-0.25, -0.2) is 12.8 Å². The van der Waals surface area contributed by atoms with Crippen LogP contribution in [0, 0.1) is 5.82 Å². The first-order valence-corrected chi connectivity index (χ1v) is 11.5. The summed E-state index contributed by atoms with van der Waals surface area (Å²) >= 11 is 0. The van der Waals surface area contributed by atoms with E-state index >= 15 is 0 Å². The molecule has 1 amide bonds. The van der Waals surface area contributed by atoms with Gasteiger partial charge >= 0.3 is 0 Å². The lowest BCUT2D eigenvalue weighted by atomic mass is 10.0. The smallest absolute Gasteiger partial charge is 0.244 e. The molecule has 156 valence electrons. The van der Waals surface area contributed by atoms with Crippen molar-refractivity contribution in [1.82, 2.24) is 5.32 Å². The number of halogens is 1. The maximum absolute atomic E-state index is 15.0. The van der Waals surface area contributed by atoms with Crippen LogP contribution in [-0.4, -0.2) is 51.4 Å². The average Bonchev–Trinajstić information content (AvgIpc) is 2.69. The Balaban J connectivity index is 1.88. The first kappa shape index (κ1) is 21.4. The number of carbonyl (C=O) groups excluding carboxylic acids is 1. The Morgan fingerprint density at radius 2 is 2.00 bits per heavy atom. The van der Waals surface area contributed by atoms with E-state index in [1.807, 2.05) is 0 Å². The number of nitrogens with zero attached hydrogens (tertiary/aromatic N) is 1. The second kappa shape index (κ2) is 9.02. The highest BCUT2D eigenvalue weighted by atomic mass is 32.2. The second-order valence-electron chi connectivity index (χ2n) is 7.15. The quantitative estimate of drug-likeness (QED) is 0.672. The van der Waals surface area contributed by atoms with Gasteiger partial charge in [0.05, 0.1) is 16.6 Å². The van der Waals surface area contributed by atoms with E-state index in [-0.39, 0.29) is 23.1 Å². The molecule has 0 saturated carbocycles. The highest BCUT2D eigenvalue weighted by Gasteiger charge is 2.30. The van der Waals surface area contributed by atoms with Crippen molar-refractivity contribution in [1.29, 1.82) is 0 Å². The van der Waals surface area contributed by atoms with Crippen molar-refractivity contribution < 1.29 is 22.7 Å². The third kappa shape index (κ3) is 4.83. The van der Waals surface area contributed by atoms with Crippen LogP contribution in [0.15, 0.2) is 47.4 Å². The Hall–Kier alpha value is -2.29. The normalized spacial score (nSPS) is 17.6. The van der Waals surface area contributed by atoms with E-state index in [0.29, 0.717) is 37.1 Å². The topological polar surface area (TPSA) is 86.7 Å². The summed E-state index contributed by atoms with van der Waals surface area (Å²) in [4.78, 5) is 14.3. The van der Waals surface area contributed by atoms with Gasteiger partial charge in [-0.15, -0.1) is 0 Å². The molecule has 2 aromatic carbocycles. The number of hydrogen-bond acceptors (Lipinski definition) is 5. The lowest BCUT2D eigenvalue weighted by Gasteiger charge is -2.33. The van der Waals surface area contributed by atoms with E-state index in [9.17, 15) is 17.6 Å². The number of carbonyl (C=O) groups is 1. The molecule has 2 aromatic rings. The Bertz CT molecular complexity index is 994. The van der Waals surface area contributed by atoms with Crippen molar-refractivity contribution in [3.05, 3.63) is 48.3 Å². The zero-order valence-electron chi connectivity index (χ0n) is 16.3. The van der Waals surface area contributed by atoms with Crippen LogP contribution in [-0.2, 0) is 14.6 Å². The third-order valence-electron chi connectivity index (χ3n) is 5.00. The molecule has 29 heavy (non-hydrogen) atoms. The van der Waals surface area contributed by atoms with Gasteiger partial charge in [0.2, 0.25) is 5.91 Å². The molecule has 1 aliphatic rings. The van der Waals surface area contributed by atoms with Gasteiger partial charge in [0.1, 0.15) is 5.82 Å². The number of anilines is 1. The number of aliphatic hydroxyl groups is 1. The van der Waals surface area contributed by atoms with Gasteiger partial charge in [-0.05, 0) is 49.6 Å². The van der Waals surface area contributed by atoms with Crippen molar-refractivity contribution in [2.45, 2.75) is 30.2 Å². The fourth-order valence-corrected chi connectivity index (χ4v) is 4.49. The molecule has 2 N–H and O–H groups in total. The van der Waals surface area contributed by atoms with E-state index in [1.54, 1.807) is 24.3 Å². The zero-order valence-corrected chi connectivity index (χ0v) is 17.1. The highest BCUT2D eigenvalue weighted by molar-refractivity contribution is 7.90. The Morgan fingerprint density at radius 3 is 2.69 bits per heavy atom. The molecule has 0 aromatic heterocycles. The van der Waals surface area contributed by atoms with E-state index in [1.165, 1.54) is 23.1 Å². The molecule has 0 aliphatic carbocycles. The van der Waals surface area contributed by atoms with Crippen LogP contribution in [0.5, 0.6) is 0 Å². The molecule has 0 bridgehead atoms. The summed E-state index contributed by atoms with van der Waals surface area (Å²) in [6.45, 7) is 0.986. The lowest BCUT2D eigenvalue weighted by Crippen LogP contribution is -2.51. The Morgan fingerprint density at radius 1 is 1.24 bits per heavy atom. The minimum atomic E-state index is -3.47. The van der Waals surface area contributed by atoms with Crippen molar-refractivity contribution >= 4 is 21.4 Å². The fraction of sp³-hybridized carbons (Fsp3) is 0.381. The molecule has 1 saturated heterocycles. The summed E-state index contributed by atoms with van der Waals surface area (Å²) in [6, 6.07) is 10.5. The molecule has 1 aliphatic heterocycles. The number of nitrogens with one attached hydrogen (secondary N) is 1. The molecule has 6 nitrogen and oxygen atoms in total. The Kier molecular flexibility index (Phi) is 6.66. The minimum Gasteiger partial charge on any atom is -0.396 e. The van der Waals surface area contributed by atoms with Crippen LogP contribution in [0.4, 0.5) is 10.1 Å². The molecular formula is C21H25FN2O4S. The van der Waals surface area contributed by atoms with E-state index in [0.717, 1.165) is 12.7 Å². The first-order valence-electron chi connectivity index (χ1n) is 9.57. The standard InChI is InChI=1S/C21H25FN2O4S/c1-29(27,28)20-8-3-2-6-16(20)15-9-10-19(17(22)14-15)24-12-4-7-18(21(24)26)23-11-5-13-25/h2-3,6,8-10,14,18,23,25H,4-5,7,11-13H2,1H3. The predicted molar refractivity (Wildman–Crippen MR) is 110 cm³/mol. The molecule has 1 unspecified atom stereocenters. The molecule has 1 heterocycles. The third-order valence-corrected chi connectivity index (χ3v) is 6.16. The summed E-state index contributed by atoms with van der Waals surface area (Å²) in [5, 5.41) is 12.0. The average molecular weight is 421 g/mol. The van der Waals surface area contributed by atoms with E-state index < -0.39 is 21.7 Å². The molecule has 0 spiro atoms. The largest absolute Gasteiger partial charge is 0.396 e. The summed E-state index contributed by atoms with van der Waals surface area (Å²) in [5.41, 5.74) is 1.05. The van der Waals surface area contributed by atoms with Gasteiger partial charge in [0, 0.05) is 25.0 Å². The molecule has 1 fully saturated rings. The van der Waals surface area contributed by atoms with Gasteiger partial charge in [-0.1, -0.05) is 24.3 Å². The van der Waals surface area contributed by atoms with Gasteiger partial charge in [-0.2, -0.15) is 0 Å². The molecule has 0 radical (unpaired) electrons. The van der Waals surface area contributed by atoms with Crippen molar-refractivity contribution in [2.75, 3.05) is 30.9 Å². The molecular weight excluding hydrogens is 395 g/mol. The monoisotopic (exact) mass is 420 g/mol. The van der Waals surface area contributed by atoms with Crippen molar-refractivity contribution in [3.8, 4) is 11.1 Å². The SMILES string of the molecule is CS(=O)(=O)c1ccccc1-c1ccc(N2CCCC(NCCCO)C2=O)c(F)c1. The van der Waals surface area contributed by atoms with E-state index in [2.05, 4.69) is 5.32 Å². The number of hydrogen-bond donors (Lipinski definition) is 2. The van der Waals surface area contributed by atoms with Crippen LogP contribution < -0.4 is 10.2 Å². The Labute approximate surface area is 170 Å². The van der Waals surface area contributed by atoms with Gasteiger partial charge < -0.3 is 15.3 Å².